The van der Waals surface area contributed by atoms with Crippen LogP contribution in [0.4, 0.5) is 0 Å². The van der Waals surface area contributed by atoms with Crippen LogP contribution in [0, 0.1) is 6.92 Å². The van der Waals surface area contributed by atoms with Crippen molar-refractivity contribution in [1.29, 1.82) is 0 Å². The van der Waals surface area contributed by atoms with Crippen LogP contribution in [0.15, 0.2) is 47.6 Å². The molecule has 1 aromatic heterocycles. The van der Waals surface area contributed by atoms with E-state index in [1.807, 2.05) is 18.0 Å². The molecule has 0 bridgehead atoms. The Morgan fingerprint density at radius 2 is 2.00 bits per heavy atom. The van der Waals surface area contributed by atoms with Crippen LogP contribution in [0.5, 0.6) is 0 Å². The van der Waals surface area contributed by atoms with E-state index in [0.29, 0.717) is 0 Å². The molecule has 0 radical (unpaired) electrons. The van der Waals surface area contributed by atoms with Gasteiger partial charge in [0.2, 0.25) is 0 Å². The molecule has 1 aromatic carbocycles. The number of thioether (sulfide) groups is 1. The Morgan fingerprint density at radius 1 is 1.20 bits per heavy atom. The Bertz CT molecular complexity index is 564. The third kappa shape index (κ3) is 3.84. The van der Waals surface area contributed by atoms with Gasteiger partial charge in [-0.2, -0.15) is 0 Å². The first-order chi connectivity index (χ1) is 9.81. The lowest BCUT2D eigenvalue weighted by Crippen LogP contribution is -2.15. The van der Waals surface area contributed by atoms with Crippen molar-refractivity contribution >= 4 is 11.8 Å². The van der Waals surface area contributed by atoms with E-state index in [-0.39, 0.29) is 0 Å². The summed E-state index contributed by atoms with van der Waals surface area (Å²) >= 11 is 1.81. The van der Waals surface area contributed by atoms with Gasteiger partial charge < -0.3 is 5.32 Å². The number of benzene rings is 1. The highest BCUT2D eigenvalue weighted by atomic mass is 32.2. The Kier molecular flexibility index (Phi) is 4.38. The number of nitrogens with zero attached hydrogens (tertiary/aromatic N) is 1. The maximum atomic E-state index is 4.61. The number of rotatable bonds is 6. The minimum Gasteiger partial charge on any atom is -0.310 e. The lowest BCUT2D eigenvalue weighted by atomic mass is 10.2. The van der Waals surface area contributed by atoms with Crippen LogP contribution >= 0.6 is 11.8 Å². The predicted octanol–water partition coefficient (Wildman–Crippen LogP) is 3.93. The molecule has 3 heteroatoms. The standard InChI is InChI=1S/C17H20N2S/c1-13-9-15(10-18-16-7-8-16)11-19-17(13)20-12-14-5-3-2-4-6-14/h2-6,9,11,16,18H,7-8,10,12H2,1H3. The van der Waals surface area contributed by atoms with Crippen molar-refractivity contribution in [3.63, 3.8) is 0 Å². The molecule has 0 atom stereocenters. The second-order valence-corrected chi connectivity index (χ2v) is 6.36. The summed E-state index contributed by atoms with van der Waals surface area (Å²) in [5.41, 5.74) is 3.91. The highest BCUT2D eigenvalue weighted by Crippen LogP contribution is 2.25. The summed E-state index contributed by atoms with van der Waals surface area (Å²) < 4.78 is 0. The lowest BCUT2D eigenvalue weighted by molar-refractivity contribution is 0.684. The molecule has 20 heavy (non-hydrogen) atoms. The second kappa shape index (κ2) is 6.42. The normalized spacial score (nSPS) is 14.4. The van der Waals surface area contributed by atoms with Gasteiger partial charge in [-0.3, -0.25) is 0 Å². The SMILES string of the molecule is Cc1cc(CNC2CC2)cnc1SCc1ccccc1. The van der Waals surface area contributed by atoms with Crippen LogP contribution in [0.1, 0.15) is 29.5 Å². The molecule has 2 aromatic rings. The summed E-state index contributed by atoms with van der Waals surface area (Å²) in [6.07, 6.45) is 4.67. The fourth-order valence-electron chi connectivity index (χ4n) is 2.14. The molecule has 1 aliphatic carbocycles. The molecular formula is C17H20N2S. The van der Waals surface area contributed by atoms with Crippen molar-refractivity contribution in [3.8, 4) is 0 Å². The summed E-state index contributed by atoms with van der Waals surface area (Å²) in [4.78, 5) is 4.61. The number of aryl methyl sites for hydroxylation is 1. The molecule has 1 heterocycles. The van der Waals surface area contributed by atoms with Gasteiger partial charge in [0.1, 0.15) is 0 Å². The first-order valence-corrected chi connectivity index (χ1v) is 8.15. The molecule has 0 saturated heterocycles. The summed E-state index contributed by atoms with van der Waals surface area (Å²) in [6.45, 7) is 3.10. The molecule has 0 amide bonds. The van der Waals surface area contributed by atoms with E-state index in [2.05, 4.69) is 53.6 Å². The van der Waals surface area contributed by atoms with E-state index in [4.69, 9.17) is 0 Å². The number of aromatic nitrogens is 1. The van der Waals surface area contributed by atoms with Crippen LogP contribution in [0.3, 0.4) is 0 Å². The molecule has 1 aliphatic rings. The van der Waals surface area contributed by atoms with E-state index in [0.717, 1.165) is 23.4 Å². The number of hydrogen-bond acceptors (Lipinski definition) is 3. The number of pyridine rings is 1. The number of hydrogen-bond donors (Lipinski definition) is 1. The van der Waals surface area contributed by atoms with E-state index in [1.165, 1.54) is 29.5 Å². The first kappa shape index (κ1) is 13.7. The monoisotopic (exact) mass is 284 g/mol. The van der Waals surface area contributed by atoms with Crippen molar-refractivity contribution in [2.24, 2.45) is 0 Å². The molecule has 0 unspecified atom stereocenters. The van der Waals surface area contributed by atoms with E-state index in [9.17, 15) is 0 Å². The zero-order chi connectivity index (χ0) is 13.8. The van der Waals surface area contributed by atoms with Gasteiger partial charge >= 0.3 is 0 Å². The quantitative estimate of drug-likeness (QED) is 0.813. The van der Waals surface area contributed by atoms with Crippen LogP contribution < -0.4 is 5.32 Å². The Hall–Kier alpha value is -1.32. The van der Waals surface area contributed by atoms with Gasteiger partial charge in [-0.05, 0) is 36.5 Å². The molecule has 1 fully saturated rings. The highest BCUT2D eigenvalue weighted by molar-refractivity contribution is 7.98. The van der Waals surface area contributed by atoms with Crippen molar-refractivity contribution < 1.29 is 0 Å². The zero-order valence-electron chi connectivity index (χ0n) is 11.8. The van der Waals surface area contributed by atoms with Crippen LogP contribution in [-0.2, 0) is 12.3 Å². The van der Waals surface area contributed by atoms with E-state index >= 15 is 0 Å². The van der Waals surface area contributed by atoms with Crippen LogP contribution in [0.2, 0.25) is 0 Å². The second-order valence-electron chi connectivity index (χ2n) is 5.40. The summed E-state index contributed by atoms with van der Waals surface area (Å²) in [6, 6.07) is 13.6. The molecule has 3 rings (SSSR count). The van der Waals surface area contributed by atoms with Crippen LogP contribution in [0.25, 0.3) is 0 Å². The van der Waals surface area contributed by atoms with E-state index < -0.39 is 0 Å². The minimum absolute atomic E-state index is 0.752. The molecule has 104 valence electrons. The summed E-state index contributed by atoms with van der Waals surface area (Å²) in [7, 11) is 0. The van der Waals surface area contributed by atoms with Crippen molar-refractivity contribution in [2.75, 3.05) is 0 Å². The lowest BCUT2D eigenvalue weighted by Gasteiger charge is -2.08. The van der Waals surface area contributed by atoms with Gasteiger partial charge in [0.25, 0.3) is 0 Å². The summed E-state index contributed by atoms with van der Waals surface area (Å²) in [5.74, 6) is 0.981. The third-order valence-corrected chi connectivity index (χ3v) is 4.66. The van der Waals surface area contributed by atoms with Gasteiger partial charge in [-0.1, -0.05) is 36.4 Å². The van der Waals surface area contributed by atoms with Gasteiger partial charge in [-0.25, -0.2) is 4.98 Å². The molecule has 0 aliphatic heterocycles. The average molecular weight is 284 g/mol. The van der Waals surface area contributed by atoms with E-state index in [1.54, 1.807) is 0 Å². The smallest absolute Gasteiger partial charge is 0.0992 e. The molecule has 0 spiro atoms. The topological polar surface area (TPSA) is 24.9 Å². The number of nitrogens with one attached hydrogen (secondary N) is 1. The largest absolute Gasteiger partial charge is 0.310 e. The third-order valence-electron chi connectivity index (χ3n) is 3.48. The molecular weight excluding hydrogens is 264 g/mol. The van der Waals surface area contributed by atoms with Gasteiger partial charge in [0, 0.05) is 24.5 Å². The Morgan fingerprint density at radius 3 is 2.70 bits per heavy atom. The van der Waals surface area contributed by atoms with Gasteiger partial charge in [0.15, 0.2) is 0 Å². The van der Waals surface area contributed by atoms with Crippen LogP contribution in [-0.4, -0.2) is 11.0 Å². The van der Waals surface area contributed by atoms with Crippen molar-refractivity contribution in [1.82, 2.24) is 10.3 Å². The Labute approximate surface area is 125 Å². The minimum atomic E-state index is 0.752. The molecule has 2 nitrogen and oxygen atoms in total. The summed E-state index contributed by atoms with van der Waals surface area (Å²) in [5, 5.41) is 4.67. The van der Waals surface area contributed by atoms with Crippen molar-refractivity contribution in [2.45, 2.75) is 43.1 Å². The Balaban J connectivity index is 1.58. The predicted molar refractivity (Wildman–Crippen MR) is 84.8 cm³/mol. The fourth-order valence-corrected chi connectivity index (χ4v) is 3.05. The molecule has 1 saturated carbocycles. The first-order valence-electron chi connectivity index (χ1n) is 7.17. The fraction of sp³-hybridized carbons (Fsp3) is 0.353. The van der Waals surface area contributed by atoms with Gasteiger partial charge in [-0.15, -0.1) is 11.8 Å². The zero-order valence-corrected chi connectivity index (χ0v) is 12.6. The maximum absolute atomic E-state index is 4.61. The van der Waals surface area contributed by atoms with Gasteiger partial charge in [0.05, 0.1) is 5.03 Å². The maximum Gasteiger partial charge on any atom is 0.0992 e. The average Bonchev–Trinajstić information content (AvgIpc) is 3.29. The molecule has 1 N–H and O–H groups in total. The highest BCUT2D eigenvalue weighted by Gasteiger charge is 2.20. The van der Waals surface area contributed by atoms with Crippen molar-refractivity contribution in [3.05, 3.63) is 59.3 Å².